The molecule has 0 fully saturated rings. The number of anilines is 1. The second-order valence-electron chi connectivity index (χ2n) is 4.01. The lowest BCUT2D eigenvalue weighted by atomic mass is 10.2. The highest BCUT2D eigenvalue weighted by atomic mass is 16.4. The van der Waals surface area contributed by atoms with Gasteiger partial charge in [-0.1, -0.05) is 6.07 Å². The van der Waals surface area contributed by atoms with Crippen LogP contribution in [0.15, 0.2) is 24.3 Å². The molecule has 18 heavy (non-hydrogen) atoms. The first-order valence-electron chi connectivity index (χ1n) is 5.38. The Balaban J connectivity index is 2.67. The van der Waals surface area contributed by atoms with Gasteiger partial charge in [-0.2, -0.15) is 0 Å². The van der Waals surface area contributed by atoms with E-state index < -0.39 is 18.0 Å². The summed E-state index contributed by atoms with van der Waals surface area (Å²) >= 11 is 0. The van der Waals surface area contributed by atoms with Gasteiger partial charge in [0.1, 0.15) is 0 Å². The monoisotopic (exact) mass is 252 g/mol. The first kappa shape index (κ1) is 14.0. The van der Waals surface area contributed by atoms with Gasteiger partial charge in [0, 0.05) is 25.3 Å². The predicted octanol–water partition coefficient (Wildman–Crippen LogP) is -0.0721. The number of rotatable bonds is 5. The third kappa shape index (κ3) is 3.74. The van der Waals surface area contributed by atoms with Gasteiger partial charge in [-0.25, -0.2) is 4.79 Å². The van der Waals surface area contributed by atoms with Crippen molar-refractivity contribution in [2.75, 3.05) is 25.5 Å². The molecule has 98 valence electrons. The molecule has 6 nitrogen and oxygen atoms in total. The van der Waals surface area contributed by atoms with Crippen molar-refractivity contribution < 1.29 is 19.8 Å². The number of carboxylic acids is 1. The first-order chi connectivity index (χ1) is 8.41. The van der Waals surface area contributed by atoms with Crippen molar-refractivity contribution >= 4 is 17.6 Å². The Morgan fingerprint density at radius 2 is 2.06 bits per heavy atom. The van der Waals surface area contributed by atoms with Crippen molar-refractivity contribution in [1.82, 2.24) is 5.32 Å². The van der Waals surface area contributed by atoms with Gasteiger partial charge in [0.15, 0.2) is 6.10 Å². The molecule has 0 radical (unpaired) electrons. The van der Waals surface area contributed by atoms with Crippen molar-refractivity contribution in [2.24, 2.45) is 0 Å². The zero-order valence-corrected chi connectivity index (χ0v) is 10.3. The molecule has 0 unspecified atom stereocenters. The normalized spacial score (nSPS) is 11.7. The molecule has 3 N–H and O–H groups in total. The number of aliphatic hydroxyl groups excluding tert-OH is 1. The quantitative estimate of drug-likeness (QED) is 0.682. The Hall–Kier alpha value is -2.08. The van der Waals surface area contributed by atoms with Crippen molar-refractivity contribution in [2.45, 2.75) is 6.10 Å². The van der Waals surface area contributed by atoms with Crippen molar-refractivity contribution in [3.05, 3.63) is 29.8 Å². The summed E-state index contributed by atoms with van der Waals surface area (Å²) in [5.41, 5.74) is 1.28. The van der Waals surface area contributed by atoms with E-state index in [1.807, 2.05) is 25.1 Å². The summed E-state index contributed by atoms with van der Waals surface area (Å²) < 4.78 is 0. The summed E-state index contributed by atoms with van der Waals surface area (Å²) in [5, 5.41) is 19.9. The van der Waals surface area contributed by atoms with E-state index in [9.17, 15) is 9.59 Å². The number of nitrogens with one attached hydrogen (secondary N) is 1. The number of amides is 1. The van der Waals surface area contributed by atoms with Gasteiger partial charge in [-0.05, 0) is 18.2 Å². The molecular weight excluding hydrogens is 236 g/mol. The summed E-state index contributed by atoms with van der Waals surface area (Å²) in [7, 11) is 3.70. The highest BCUT2D eigenvalue weighted by molar-refractivity contribution is 5.95. The minimum atomic E-state index is -1.59. The molecule has 0 saturated heterocycles. The SMILES string of the molecule is CN(C)c1cccc(C(=O)NC[C@H](O)C(=O)O)c1. The van der Waals surface area contributed by atoms with Crippen LogP contribution in [0.25, 0.3) is 0 Å². The number of aliphatic carboxylic acids is 1. The highest BCUT2D eigenvalue weighted by Gasteiger charge is 2.15. The van der Waals surface area contributed by atoms with Crippen molar-refractivity contribution in [3.63, 3.8) is 0 Å². The number of aliphatic hydroxyl groups is 1. The van der Waals surface area contributed by atoms with Crippen LogP contribution in [0.1, 0.15) is 10.4 Å². The molecule has 0 saturated carbocycles. The van der Waals surface area contributed by atoms with Crippen LogP contribution in [0.4, 0.5) is 5.69 Å². The number of benzene rings is 1. The molecule has 0 aromatic heterocycles. The fraction of sp³-hybridized carbons (Fsp3) is 0.333. The molecule has 0 aliphatic heterocycles. The molecule has 1 aromatic carbocycles. The minimum absolute atomic E-state index is 0.319. The summed E-state index contributed by atoms with van der Waals surface area (Å²) in [6, 6.07) is 6.89. The lowest BCUT2D eigenvalue weighted by Gasteiger charge is -2.13. The van der Waals surface area contributed by atoms with Gasteiger partial charge in [-0.15, -0.1) is 0 Å². The number of carbonyl (C=O) groups excluding carboxylic acids is 1. The molecule has 1 atom stereocenters. The van der Waals surface area contributed by atoms with E-state index in [1.165, 1.54) is 0 Å². The first-order valence-corrected chi connectivity index (χ1v) is 5.38. The number of hydrogen-bond donors (Lipinski definition) is 3. The Labute approximate surface area is 105 Å². The van der Waals surface area contributed by atoms with Gasteiger partial charge >= 0.3 is 5.97 Å². The Kier molecular flexibility index (Phi) is 4.67. The lowest BCUT2D eigenvalue weighted by molar-refractivity contribution is -0.146. The second-order valence-corrected chi connectivity index (χ2v) is 4.01. The maximum atomic E-state index is 11.7. The number of carboxylic acid groups (broad SMARTS) is 1. The molecule has 0 aliphatic carbocycles. The fourth-order valence-corrected chi connectivity index (χ4v) is 1.30. The largest absolute Gasteiger partial charge is 0.479 e. The van der Waals surface area contributed by atoms with Gasteiger partial charge in [0.05, 0.1) is 6.54 Å². The smallest absolute Gasteiger partial charge is 0.334 e. The molecule has 1 amide bonds. The minimum Gasteiger partial charge on any atom is -0.479 e. The maximum Gasteiger partial charge on any atom is 0.334 e. The molecule has 0 aliphatic rings. The summed E-state index contributed by atoms with van der Waals surface area (Å²) in [6.45, 7) is -0.319. The predicted molar refractivity (Wildman–Crippen MR) is 66.7 cm³/mol. The van der Waals surface area contributed by atoms with Crippen LogP contribution in [0, 0.1) is 0 Å². The topological polar surface area (TPSA) is 89.9 Å². The van der Waals surface area contributed by atoms with E-state index >= 15 is 0 Å². The molecule has 0 bridgehead atoms. The summed E-state index contributed by atoms with van der Waals surface area (Å²) in [4.78, 5) is 23.9. The highest BCUT2D eigenvalue weighted by Crippen LogP contribution is 2.13. The van der Waals surface area contributed by atoms with E-state index in [0.717, 1.165) is 5.69 Å². The second kappa shape index (κ2) is 6.02. The number of hydrogen-bond acceptors (Lipinski definition) is 4. The van der Waals surface area contributed by atoms with E-state index in [4.69, 9.17) is 10.2 Å². The zero-order chi connectivity index (χ0) is 13.7. The van der Waals surface area contributed by atoms with Gasteiger partial charge in [0.25, 0.3) is 5.91 Å². The van der Waals surface area contributed by atoms with E-state index in [-0.39, 0.29) is 6.54 Å². The molecule has 0 spiro atoms. The van der Waals surface area contributed by atoms with E-state index in [2.05, 4.69) is 5.32 Å². The molecule has 0 heterocycles. The Morgan fingerprint density at radius 3 is 2.61 bits per heavy atom. The summed E-state index contributed by atoms with van der Waals surface area (Å²) in [6.07, 6.45) is -1.59. The van der Waals surface area contributed by atoms with Crippen molar-refractivity contribution in [3.8, 4) is 0 Å². The molecule has 6 heteroatoms. The Bertz CT molecular complexity index is 445. The van der Waals surface area contributed by atoms with Crippen LogP contribution >= 0.6 is 0 Å². The number of nitrogens with zero attached hydrogens (tertiary/aromatic N) is 1. The van der Waals surface area contributed by atoms with Gasteiger partial charge < -0.3 is 20.4 Å². The third-order valence-corrected chi connectivity index (χ3v) is 2.37. The fourth-order valence-electron chi connectivity index (χ4n) is 1.30. The summed E-state index contributed by atoms with van der Waals surface area (Å²) in [5.74, 6) is -1.78. The number of carbonyl (C=O) groups is 2. The van der Waals surface area contributed by atoms with E-state index in [0.29, 0.717) is 5.56 Å². The van der Waals surface area contributed by atoms with Crippen LogP contribution in [0.3, 0.4) is 0 Å². The van der Waals surface area contributed by atoms with Crippen LogP contribution < -0.4 is 10.2 Å². The van der Waals surface area contributed by atoms with Crippen LogP contribution in [-0.2, 0) is 4.79 Å². The van der Waals surface area contributed by atoms with Crippen LogP contribution in [0.2, 0.25) is 0 Å². The average Bonchev–Trinajstić information content (AvgIpc) is 2.35. The lowest BCUT2D eigenvalue weighted by Crippen LogP contribution is -2.36. The van der Waals surface area contributed by atoms with E-state index in [1.54, 1.807) is 18.2 Å². The van der Waals surface area contributed by atoms with Gasteiger partial charge in [0.2, 0.25) is 0 Å². The molecular formula is C12H16N2O4. The molecule has 1 rings (SSSR count). The molecule has 1 aromatic rings. The zero-order valence-electron chi connectivity index (χ0n) is 10.3. The third-order valence-electron chi connectivity index (χ3n) is 2.37. The standard InChI is InChI=1S/C12H16N2O4/c1-14(2)9-5-3-4-8(6-9)11(16)13-7-10(15)12(17)18/h3-6,10,15H,7H2,1-2H3,(H,13,16)(H,17,18)/t10-/m0/s1. The maximum absolute atomic E-state index is 11.7. The van der Waals surface area contributed by atoms with Crippen LogP contribution in [0.5, 0.6) is 0 Å². The Morgan fingerprint density at radius 1 is 1.39 bits per heavy atom. The van der Waals surface area contributed by atoms with Crippen LogP contribution in [-0.4, -0.2) is 48.8 Å². The van der Waals surface area contributed by atoms with Gasteiger partial charge in [-0.3, -0.25) is 4.79 Å². The average molecular weight is 252 g/mol. The van der Waals surface area contributed by atoms with Crippen molar-refractivity contribution in [1.29, 1.82) is 0 Å².